The summed E-state index contributed by atoms with van der Waals surface area (Å²) < 4.78 is 5.21. The lowest BCUT2D eigenvalue weighted by Gasteiger charge is -1.94. The average Bonchev–Trinajstić information content (AvgIpc) is 2.42. The van der Waals surface area contributed by atoms with E-state index in [1.54, 1.807) is 0 Å². The van der Waals surface area contributed by atoms with Crippen LogP contribution in [-0.2, 0) is 11.3 Å². The smallest absolute Gasteiger partial charge is 0.296 e. The third kappa shape index (κ3) is 2.34. The van der Waals surface area contributed by atoms with Crippen molar-refractivity contribution in [2.24, 2.45) is 0 Å². The lowest BCUT2D eigenvalue weighted by Crippen LogP contribution is -2.20. The van der Waals surface area contributed by atoms with Gasteiger partial charge < -0.3 is 9.73 Å². The molecule has 13 heavy (non-hydrogen) atoms. The first-order valence-corrected chi connectivity index (χ1v) is 3.81. The van der Waals surface area contributed by atoms with Gasteiger partial charge in [0, 0.05) is 0 Å². The van der Waals surface area contributed by atoms with Gasteiger partial charge in [-0.2, -0.15) is 0 Å². The van der Waals surface area contributed by atoms with Gasteiger partial charge >= 0.3 is 0 Å². The maximum Gasteiger partial charge on any atom is 0.296 e. The van der Waals surface area contributed by atoms with Gasteiger partial charge in [0.1, 0.15) is 5.76 Å². The van der Waals surface area contributed by atoms with E-state index in [1.165, 1.54) is 0 Å². The molecular weight excluding hydrogens is 168 g/mol. The van der Waals surface area contributed by atoms with Gasteiger partial charge in [0.05, 0.1) is 12.2 Å². The molecule has 1 aromatic heterocycles. The Morgan fingerprint density at radius 2 is 2.38 bits per heavy atom. The molecule has 0 bridgehead atoms. The molecule has 1 amide bonds. The second-order valence-electron chi connectivity index (χ2n) is 2.58. The second kappa shape index (κ2) is 3.76. The molecule has 0 spiro atoms. The number of rotatable bonds is 2. The minimum Gasteiger partial charge on any atom is -0.444 e. The number of aryl methyl sites for hydroxylation is 2. The fourth-order valence-electron chi connectivity index (χ4n) is 0.822. The monoisotopic (exact) mass is 178 g/mol. The summed E-state index contributed by atoms with van der Waals surface area (Å²) in [5.41, 5.74) is 0.824. The Kier molecular flexibility index (Phi) is 2.70. The van der Waals surface area contributed by atoms with Gasteiger partial charge in [0.15, 0.2) is 0 Å². The Balaban J connectivity index is 2.56. The first-order valence-electron chi connectivity index (χ1n) is 3.81. The third-order valence-corrected chi connectivity index (χ3v) is 1.60. The lowest BCUT2D eigenvalue weighted by molar-refractivity contribution is -0.115. The fraction of sp³-hybridized carbons (Fsp3) is 0.333. The molecule has 0 aliphatic carbocycles. The Labute approximate surface area is 76.3 Å². The highest BCUT2D eigenvalue weighted by molar-refractivity contribution is 5.92. The molecule has 1 rings (SSSR count). The zero-order chi connectivity index (χ0) is 9.84. The SMILES string of the molecule is C#CC(=O)NCc1nc(C)c(C)o1. The van der Waals surface area contributed by atoms with E-state index in [4.69, 9.17) is 10.8 Å². The molecule has 1 heterocycles. The number of hydrogen-bond acceptors (Lipinski definition) is 3. The highest BCUT2D eigenvalue weighted by Crippen LogP contribution is 2.07. The highest BCUT2D eigenvalue weighted by atomic mass is 16.4. The van der Waals surface area contributed by atoms with Crippen LogP contribution in [0.3, 0.4) is 0 Å². The van der Waals surface area contributed by atoms with Crippen molar-refractivity contribution in [3.63, 3.8) is 0 Å². The Hall–Kier alpha value is -1.76. The molecular formula is C9H10N2O2. The average molecular weight is 178 g/mol. The van der Waals surface area contributed by atoms with Crippen LogP contribution >= 0.6 is 0 Å². The predicted octanol–water partition coefficient (Wildman–Crippen LogP) is 0.541. The first kappa shape index (κ1) is 9.33. The summed E-state index contributed by atoms with van der Waals surface area (Å²) in [5, 5.41) is 2.46. The van der Waals surface area contributed by atoms with Crippen LogP contribution in [0, 0.1) is 26.2 Å². The van der Waals surface area contributed by atoms with Crippen molar-refractivity contribution in [1.82, 2.24) is 10.3 Å². The number of hydrogen-bond donors (Lipinski definition) is 1. The fourth-order valence-corrected chi connectivity index (χ4v) is 0.822. The summed E-state index contributed by atoms with van der Waals surface area (Å²) in [7, 11) is 0. The summed E-state index contributed by atoms with van der Waals surface area (Å²) >= 11 is 0. The molecule has 0 unspecified atom stereocenters. The van der Waals surface area contributed by atoms with Crippen molar-refractivity contribution in [2.45, 2.75) is 20.4 Å². The Bertz CT molecular complexity index is 341. The van der Waals surface area contributed by atoms with Gasteiger partial charge in [-0.15, -0.1) is 6.42 Å². The van der Waals surface area contributed by atoms with Gasteiger partial charge in [-0.05, 0) is 19.8 Å². The van der Waals surface area contributed by atoms with E-state index in [0.717, 1.165) is 11.5 Å². The molecule has 0 saturated carbocycles. The van der Waals surface area contributed by atoms with Crippen molar-refractivity contribution >= 4 is 5.91 Å². The quantitative estimate of drug-likeness (QED) is 0.672. The summed E-state index contributed by atoms with van der Waals surface area (Å²) in [5.74, 6) is 2.70. The molecule has 0 radical (unpaired) electrons. The van der Waals surface area contributed by atoms with Crippen molar-refractivity contribution < 1.29 is 9.21 Å². The van der Waals surface area contributed by atoms with Crippen LogP contribution in [0.5, 0.6) is 0 Å². The topological polar surface area (TPSA) is 55.1 Å². The molecule has 4 nitrogen and oxygen atoms in total. The van der Waals surface area contributed by atoms with E-state index >= 15 is 0 Å². The number of oxazole rings is 1. The molecule has 0 fully saturated rings. The van der Waals surface area contributed by atoms with Crippen LogP contribution in [0.25, 0.3) is 0 Å². The molecule has 68 valence electrons. The Morgan fingerprint density at radius 3 is 2.85 bits per heavy atom. The van der Waals surface area contributed by atoms with Gasteiger partial charge in [0.25, 0.3) is 5.91 Å². The number of aromatic nitrogens is 1. The molecule has 0 aromatic carbocycles. The maximum absolute atomic E-state index is 10.7. The summed E-state index contributed by atoms with van der Waals surface area (Å²) in [6.07, 6.45) is 4.86. The van der Waals surface area contributed by atoms with Crippen LogP contribution < -0.4 is 5.32 Å². The largest absolute Gasteiger partial charge is 0.444 e. The summed E-state index contributed by atoms with van der Waals surface area (Å²) in [6, 6.07) is 0. The first-order chi connectivity index (χ1) is 6.13. The summed E-state index contributed by atoms with van der Waals surface area (Å²) in [6.45, 7) is 3.89. The van der Waals surface area contributed by atoms with Gasteiger partial charge in [-0.25, -0.2) is 4.98 Å². The predicted molar refractivity (Wildman–Crippen MR) is 46.7 cm³/mol. The molecule has 0 aliphatic heterocycles. The van der Waals surface area contributed by atoms with Crippen molar-refractivity contribution in [3.8, 4) is 12.3 Å². The highest BCUT2D eigenvalue weighted by Gasteiger charge is 2.05. The standard InChI is InChI=1S/C9H10N2O2/c1-4-8(12)10-5-9-11-6(2)7(3)13-9/h1H,5H2,2-3H3,(H,10,12). The molecule has 0 atom stereocenters. The number of nitrogens with one attached hydrogen (secondary N) is 1. The lowest BCUT2D eigenvalue weighted by atomic mass is 10.4. The van der Waals surface area contributed by atoms with Crippen LogP contribution in [-0.4, -0.2) is 10.9 Å². The number of nitrogens with zero attached hydrogens (tertiary/aromatic N) is 1. The number of carbonyl (C=O) groups is 1. The molecule has 0 aliphatic rings. The van der Waals surface area contributed by atoms with Crippen molar-refractivity contribution in [3.05, 3.63) is 17.3 Å². The number of terminal acetylenes is 1. The van der Waals surface area contributed by atoms with E-state index in [2.05, 4.69) is 10.3 Å². The normalized spacial score (nSPS) is 9.31. The number of carbonyl (C=O) groups excluding carboxylic acids is 1. The van der Waals surface area contributed by atoms with E-state index < -0.39 is 5.91 Å². The van der Waals surface area contributed by atoms with E-state index in [1.807, 2.05) is 19.8 Å². The van der Waals surface area contributed by atoms with E-state index in [-0.39, 0.29) is 6.54 Å². The van der Waals surface area contributed by atoms with Crippen LogP contribution in [0.1, 0.15) is 17.3 Å². The van der Waals surface area contributed by atoms with Crippen molar-refractivity contribution in [1.29, 1.82) is 0 Å². The third-order valence-electron chi connectivity index (χ3n) is 1.60. The van der Waals surface area contributed by atoms with Gasteiger partial charge in [0.2, 0.25) is 5.89 Å². The molecule has 1 N–H and O–H groups in total. The number of amides is 1. The van der Waals surface area contributed by atoms with E-state index in [9.17, 15) is 4.79 Å². The van der Waals surface area contributed by atoms with Crippen LogP contribution in [0.15, 0.2) is 4.42 Å². The van der Waals surface area contributed by atoms with Gasteiger partial charge in [-0.3, -0.25) is 4.79 Å². The van der Waals surface area contributed by atoms with Crippen LogP contribution in [0.2, 0.25) is 0 Å². The summed E-state index contributed by atoms with van der Waals surface area (Å²) in [4.78, 5) is 14.7. The van der Waals surface area contributed by atoms with Gasteiger partial charge in [-0.1, -0.05) is 0 Å². The molecule has 0 saturated heterocycles. The second-order valence-corrected chi connectivity index (χ2v) is 2.58. The minimum atomic E-state index is -0.464. The zero-order valence-electron chi connectivity index (χ0n) is 7.55. The van der Waals surface area contributed by atoms with Crippen LogP contribution in [0.4, 0.5) is 0 Å². The Morgan fingerprint density at radius 1 is 1.69 bits per heavy atom. The minimum absolute atomic E-state index is 0.234. The zero-order valence-corrected chi connectivity index (χ0v) is 7.55. The molecule has 1 aromatic rings. The van der Waals surface area contributed by atoms with Crippen molar-refractivity contribution in [2.75, 3.05) is 0 Å². The van der Waals surface area contributed by atoms with E-state index in [0.29, 0.717) is 5.89 Å². The molecule has 4 heteroatoms. The maximum atomic E-state index is 10.7.